The summed E-state index contributed by atoms with van der Waals surface area (Å²) in [5.41, 5.74) is 1.63. The van der Waals surface area contributed by atoms with Crippen LogP contribution in [0.1, 0.15) is 0 Å². The summed E-state index contributed by atoms with van der Waals surface area (Å²) in [5, 5.41) is 4.41. The molecular formula is C19H19N3O2S. The minimum atomic E-state index is -3.65. The molecule has 1 fully saturated rings. The molecule has 0 atom stereocenters. The van der Waals surface area contributed by atoms with Gasteiger partial charge in [0.05, 0.1) is 10.4 Å². The van der Waals surface area contributed by atoms with Gasteiger partial charge in [-0.3, -0.25) is 0 Å². The first-order chi connectivity index (χ1) is 12.2. The van der Waals surface area contributed by atoms with Crippen LogP contribution in [-0.4, -0.2) is 39.6 Å². The van der Waals surface area contributed by atoms with Crippen molar-refractivity contribution in [1.29, 1.82) is 0 Å². The second-order valence-corrected chi connectivity index (χ2v) is 7.95. The maximum absolute atomic E-state index is 13.0. The summed E-state index contributed by atoms with van der Waals surface area (Å²) in [5.74, 6) is 0. The number of nitrogens with zero attached hydrogens (tertiary/aromatic N) is 2. The molecule has 0 bridgehead atoms. The van der Waals surface area contributed by atoms with Crippen molar-refractivity contribution in [3.05, 3.63) is 60.7 Å². The number of rotatable bonds is 3. The van der Waals surface area contributed by atoms with Crippen molar-refractivity contribution in [2.24, 2.45) is 0 Å². The fourth-order valence-corrected chi connectivity index (χ4v) is 4.40. The molecule has 3 aromatic rings. The van der Waals surface area contributed by atoms with Gasteiger partial charge in [-0.15, -0.1) is 0 Å². The van der Waals surface area contributed by atoms with Crippen LogP contribution in [0.3, 0.4) is 0 Å². The highest BCUT2D eigenvalue weighted by Gasteiger charge is 2.23. The summed E-state index contributed by atoms with van der Waals surface area (Å²) in [6.45, 7) is 3.46. The van der Waals surface area contributed by atoms with E-state index in [1.807, 2.05) is 24.3 Å². The summed E-state index contributed by atoms with van der Waals surface area (Å²) in [4.78, 5) is 6.94. The maximum atomic E-state index is 13.0. The van der Waals surface area contributed by atoms with E-state index in [2.05, 4.69) is 15.2 Å². The normalized spacial score (nSPS) is 15.4. The Morgan fingerprint density at radius 3 is 2.36 bits per heavy atom. The zero-order valence-corrected chi connectivity index (χ0v) is 14.5. The number of pyridine rings is 1. The zero-order valence-electron chi connectivity index (χ0n) is 13.7. The van der Waals surface area contributed by atoms with Crippen molar-refractivity contribution in [3.8, 4) is 0 Å². The zero-order chi connectivity index (χ0) is 17.3. The molecule has 25 heavy (non-hydrogen) atoms. The van der Waals surface area contributed by atoms with Gasteiger partial charge in [0.25, 0.3) is 0 Å². The third-order valence-corrected chi connectivity index (χ3v) is 6.11. The molecule has 2 aromatic carbocycles. The molecule has 1 saturated heterocycles. The first kappa shape index (κ1) is 16.1. The van der Waals surface area contributed by atoms with E-state index in [-0.39, 0.29) is 9.92 Å². The molecule has 0 amide bonds. The number of aromatic nitrogens is 1. The molecule has 0 spiro atoms. The number of sulfone groups is 1. The molecule has 1 aromatic heterocycles. The number of fused-ring (bicyclic) bond motifs is 1. The Hall–Kier alpha value is -2.44. The minimum absolute atomic E-state index is 0.103. The van der Waals surface area contributed by atoms with Gasteiger partial charge in [0.2, 0.25) is 9.84 Å². The van der Waals surface area contributed by atoms with Crippen LogP contribution in [0.5, 0.6) is 0 Å². The van der Waals surface area contributed by atoms with E-state index in [0.717, 1.165) is 37.3 Å². The van der Waals surface area contributed by atoms with E-state index in [1.165, 1.54) is 0 Å². The molecule has 6 heteroatoms. The van der Waals surface area contributed by atoms with Crippen molar-refractivity contribution in [1.82, 2.24) is 10.3 Å². The molecule has 0 aliphatic carbocycles. The molecule has 2 heterocycles. The van der Waals surface area contributed by atoms with Gasteiger partial charge >= 0.3 is 0 Å². The molecule has 0 saturated carbocycles. The number of anilines is 1. The van der Waals surface area contributed by atoms with Crippen molar-refractivity contribution >= 4 is 26.4 Å². The standard InChI is InChI=1S/C19H19N3O2S/c23-25(24,15-6-2-1-3-7-15)19-14-18(22-12-10-20-11-13-22)16-8-4-5-9-17(16)21-19/h1-9,14,20H,10-13H2. The maximum Gasteiger partial charge on any atom is 0.223 e. The first-order valence-corrected chi connectivity index (χ1v) is 9.80. The quantitative estimate of drug-likeness (QED) is 0.784. The first-order valence-electron chi connectivity index (χ1n) is 8.32. The highest BCUT2D eigenvalue weighted by atomic mass is 32.2. The van der Waals surface area contributed by atoms with E-state index < -0.39 is 9.84 Å². The molecule has 0 radical (unpaired) electrons. The van der Waals surface area contributed by atoms with Gasteiger partial charge in [-0.05, 0) is 24.3 Å². The van der Waals surface area contributed by atoms with Crippen LogP contribution in [0.25, 0.3) is 10.9 Å². The Kier molecular flexibility index (Phi) is 4.15. The number of benzene rings is 2. The largest absolute Gasteiger partial charge is 0.368 e. The van der Waals surface area contributed by atoms with E-state index >= 15 is 0 Å². The van der Waals surface area contributed by atoms with Crippen LogP contribution >= 0.6 is 0 Å². The average molecular weight is 353 g/mol. The average Bonchev–Trinajstić information content (AvgIpc) is 2.68. The summed E-state index contributed by atoms with van der Waals surface area (Å²) in [6, 6.07) is 17.9. The summed E-state index contributed by atoms with van der Waals surface area (Å²) < 4.78 is 26.0. The molecule has 4 rings (SSSR count). The summed E-state index contributed by atoms with van der Waals surface area (Å²) >= 11 is 0. The van der Waals surface area contributed by atoms with Crippen molar-refractivity contribution in [2.75, 3.05) is 31.1 Å². The van der Waals surface area contributed by atoms with E-state index in [4.69, 9.17) is 0 Å². The number of piperazine rings is 1. The van der Waals surface area contributed by atoms with Crippen molar-refractivity contribution < 1.29 is 8.42 Å². The Morgan fingerprint density at radius 1 is 0.920 bits per heavy atom. The third kappa shape index (κ3) is 2.99. The molecule has 1 N–H and O–H groups in total. The van der Waals surface area contributed by atoms with E-state index in [1.54, 1.807) is 36.4 Å². The van der Waals surface area contributed by atoms with Crippen molar-refractivity contribution in [3.63, 3.8) is 0 Å². The Morgan fingerprint density at radius 2 is 1.60 bits per heavy atom. The Bertz CT molecular complexity index is 998. The van der Waals surface area contributed by atoms with Gasteiger partial charge in [-0.1, -0.05) is 36.4 Å². The smallest absolute Gasteiger partial charge is 0.223 e. The topological polar surface area (TPSA) is 62.3 Å². The highest BCUT2D eigenvalue weighted by molar-refractivity contribution is 7.91. The summed E-state index contributed by atoms with van der Waals surface area (Å²) in [7, 11) is -3.65. The Balaban J connectivity index is 1.91. The SMILES string of the molecule is O=S(=O)(c1ccccc1)c1cc(N2CCNCC2)c2ccccc2n1. The van der Waals surface area contributed by atoms with Crippen LogP contribution in [0, 0.1) is 0 Å². The molecule has 1 aliphatic rings. The lowest BCUT2D eigenvalue weighted by atomic mass is 10.1. The lowest BCUT2D eigenvalue weighted by Gasteiger charge is -2.30. The third-order valence-electron chi connectivity index (χ3n) is 4.46. The fourth-order valence-electron chi connectivity index (χ4n) is 3.16. The number of nitrogens with one attached hydrogen (secondary N) is 1. The lowest BCUT2D eigenvalue weighted by molar-refractivity contribution is 0.587. The van der Waals surface area contributed by atoms with Crippen LogP contribution < -0.4 is 10.2 Å². The molecule has 0 unspecified atom stereocenters. The molecule has 5 nitrogen and oxygen atoms in total. The molecule has 128 valence electrons. The molecule has 1 aliphatic heterocycles. The van der Waals surface area contributed by atoms with Gasteiger partial charge in [-0.2, -0.15) is 0 Å². The van der Waals surface area contributed by atoms with E-state index in [0.29, 0.717) is 5.52 Å². The highest BCUT2D eigenvalue weighted by Crippen LogP contribution is 2.30. The fraction of sp³-hybridized carbons (Fsp3) is 0.211. The van der Waals surface area contributed by atoms with Crippen LogP contribution in [0.15, 0.2) is 70.6 Å². The van der Waals surface area contributed by atoms with Crippen LogP contribution in [-0.2, 0) is 9.84 Å². The molecular weight excluding hydrogens is 334 g/mol. The minimum Gasteiger partial charge on any atom is -0.368 e. The Labute approximate surface area is 147 Å². The number of hydrogen-bond donors (Lipinski definition) is 1. The second kappa shape index (κ2) is 6.46. The number of hydrogen-bond acceptors (Lipinski definition) is 5. The van der Waals surface area contributed by atoms with Gasteiger partial charge in [0, 0.05) is 37.3 Å². The van der Waals surface area contributed by atoms with Crippen LogP contribution in [0.2, 0.25) is 0 Å². The summed E-state index contributed by atoms with van der Waals surface area (Å²) in [6.07, 6.45) is 0. The number of para-hydroxylation sites is 1. The monoisotopic (exact) mass is 353 g/mol. The van der Waals surface area contributed by atoms with Gasteiger partial charge in [0.1, 0.15) is 0 Å². The van der Waals surface area contributed by atoms with E-state index in [9.17, 15) is 8.42 Å². The second-order valence-electron chi connectivity index (χ2n) is 6.05. The van der Waals surface area contributed by atoms with Gasteiger partial charge in [0.15, 0.2) is 5.03 Å². The van der Waals surface area contributed by atoms with Gasteiger partial charge < -0.3 is 10.2 Å². The van der Waals surface area contributed by atoms with Crippen LogP contribution in [0.4, 0.5) is 5.69 Å². The predicted octanol–water partition coefficient (Wildman–Crippen LogP) is 2.48. The van der Waals surface area contributed by atoms with Gasteiger partial charge in [-0.25, -0.2) is 13.4 Å². The lowest BCUT2D eigenvalue weighted by Crippen LogP contribution is -2.43. The van der Waals surface area contributed by atoms with Crippen molar-refractivity contribution in [2.45, 2.75) is 9.92 Å². The predicted molar refractivity (Wildman–Crippen MR) is 98.7 cm³/mol.